The van der Waals surface area contributed by atoms with E-state index in [1.807, 2.05) is 0 Å². The van der Waals surface area contributed by atoms with Gasteiger partial charge in [0.1, 0.15) is 5.75 Å². The van der Waals surface area contributed by atoms with Crippen LogP contribution in [0.5, 0.6) is 5.75 Å². The molecule has 8 heteroatoms. The second-order valence-corrected chi connectivity index (χ2v) is 4.80. The van der Waals surface area contributed by atoms with Gasteiger partial charge in [0.05, 0.1) is 4.90 Å². The Hall–Kier alpha value is -0.990. The normalized spacial score (nSPS) is 10.9. The van der Waals surface area contributed by atoms with Crippen molar-refractivity contribution in [3.63, 3.8) is 0 Å². The molecule has 0 aliphatic rings. The van der Waals surface area contributed by atoms with E-state index in [0.717, 1.165) is 6.07 Å². The first-order valence-electron chi connectivity index (χ1n) is 4.50. The summed E-state index contributed by atoms with van der Waals surface area (Å²) in [5.74, 6) is -0.285. The van der Waals surface area contributed by atoms with Gasteiger partial charge in [-0.1, -0.05) is 12.1 Å². The average Bonchev–Trinajstić information content (AvgIpc) is 2.27. The van der Waals surface area contributed by atoms with Crippen molar-refractivity contribution >= 4 is 26.6 Å². The molecule has 0 aliphatic heterocycles. The Labute approximate surface area is 126 Å². The van der Waals surface area contributed by atoms with Crippen LogP contribution in [0.3, 0.4) is 0 Å². The van der Waals surface area contributed by atoms with Gasteiger partial charge in [-0.25, -0.2) is 0 Å². The van der Waals surface area contributed by atoms with Crippen molar-refractivity contribution in [2.24, 2.45) is 5.18 Å². The number of phenolic OH excluding ortho intramolecular Hbond substituents is 1. The van der Waals surface area contributed by atoms with Crippen LogP contribution in [0, 0.1) is 4.91 Å². The summed E-state index contributed by atoms with van der Waals surface area (Å²) in [5, 5.41) is 12.7. The Morgan fingerprint density at radius 2 is 1.83 bits per heavy atom. The number of fused-ring (bicyclic) bond motifs is 1. The van der Waals surface area contributed by atoms with Crippen LogP contribution < -0.4 is 29.6 Å². The fraction of sp³-hybridized carbons (Fsp3) is 0. The average molecular weight is 277 g/mol. The Bertz CT molecular complexity index is 719. The number of aromatic hydroxyl groups is 1. The zero-order valence-corrected chi connectivity index (χ0v) is 12.2. The largest absolute Gasteiger partial charge is 1.00 e. The quantitative estimate of drug-likeness (QED) is 0.429. The van der Waals surface area contributed by atoms with Crippen molar-refractivity contribution in [1.29, 1.82) is 0 Å². The fourth-order valence-electron chi connectivity index (χ4n) is 1.54. The zero-order valence-electron chi connectivity index (χ0n) is 10.4. The first-order valence-corrected chi connectivity index (χ1v) is 5.94. The Morgan fingerprint density at radius 1 is 1.17 bits per heavy atom. The van der Waals surface area contributed by atoms with Crippen molar-refractivity contribution in [3.05, 3.63) is 35.2 Å². The molecule has 0 unspecified atom stereocenters. The maximum absolute atomic E-state index is 10.9. The van der Waals surface area contributed by atoms with E-state index in [-0.39, 0.29) is 47.3 Å². The van der Waals surface area contributed by atoms with Crippen LogP contribution in [0.4, 0.5) is 5.69 Å². The number of benzene rings is 2. The zero-order chi connectivity index (χ0) is 12.6. The van der Waals surface area contributed by atoms with Gasteiger partial charge in [-0.05, 0) is 28.8 Å². The van der Waals surface area contributed by atoms with Gasteiger partial charge < -0.3 is 6.53 Å². The smallest absolute Gasteiger partial charge is 1.00 e. The van der Waals surface area contributed by atoms with Crippen molar-refractivity contribution in [2.75, 3.05) is 0 Å². The van der Waals surface area contributed by atoms with E-state index >= 15 is 0 Å². The summed E-state index contributed by atoms with van der Waals surface area (Å²) < 4.78 is 30.7. The van der Waals surface area contributed by atoms with Gasteiger partial charge in [-0.15, -0.1) is 4.91 Å². The third-order valence-corrected chi connectivity index (χ3v) is 3.18. The molecular weight excluding hydrogens is 269 g/mol. The van der Waals surface area contributed by atoms with Crippen LogP contribution in [-0.2, 0) is 10.1 Å². The second-order valence-electron chi connectivity index (χ2n) is 3.38. The Balaban J connectivity index is 0.00000162. The van der Waals surface area contributed by atoms with Crippen LogP contribution >= 0.6 is 0 Å². The molecule has 2 aromatic carbocycles. The summed E-state index contributed by atoms with van der Waals surface area (Å²) in [6.45, 7) is 0. The SMILES string of the molecule is O=Nc1c(O)ccc2cc(S(=O)(=O)O)ccc12.[H-].[Na+]. The summed E-state index contributed by atoms with van der Waals surface area (Å²) in [5.41, 5.74) is -0.163. The number of phenols is 1. The van der Waals surface area contributed by atoms with Crippen molar-refractivity contribution in [1.82, 2.24) is 0 Å². The molecule has 0 aromatic heterocycles. The van der Waals surface area contributed by atoms with Crippen molar-refractivity contribution < 1.29 is 49.1 Å². The summed E-state index contributed by atoms with van der Waals surface area (Å²) in [4.78, 5) is 10.3. The third kappa shape index (κ3) is 2.70. The molecular formula is C10H8NNaO5S. The van der Waals surface area contributed by atoms with Crippen LogP contribution in [0.2, 0.25) is 0 Å². The standard InChI is InChI=1S/C10H7NO5S.Na.H/c12-9-4-1-6-5-7(17(14,15)16)2-3-8(6)10(9)11-13;;/h1-5,12H,(H,14,15,16);;/q;+1;-1. The molecule has 0 aliphatic carbocycles. The Kier molecular flexibility index (Phi) is 4.46. The van der Waals surface area contributed by atoms with Gasteiger partial charge >= 0.3 is 29.6 Å². The van der Waals surface area contributed by atoms with Gasteiger partial charge in [-0.3, -0.25) is 4.55 Å². The van der Waals surface area contributed by atoms with E-state index in [1.54, 1.807) is 0 Å². The molecule has 6 nitrogen and oxygen atoms in total. The van der Waals surface area contributed by atoms with E-state index in [9.17, 15) is 18.4 Å². The van der Waals surface area contributed by atoms with Crippen molar-refractivity contribution in [2.45, 2.75) is 4.90 Å². The maximum atomic E-state index is 10.9. The molecule has 2 aromatic rings. The summed E-state index contributed by atoms with van der Waals surface area (Å²) in [6, 6.07) is 6.28. The number of nitroso groups, excluding NO2 is 1. The molecule has 0 fully saturated rings. The van der Waals surface area contributed by atoms with E-state index in [0.29, 0.717) is 10.8 Å². The van der Waals surface area contributed by atoms with Gasteiger partial charge in [-0.2, -0.15) is 8.42 Å². The number of hydrogen-bond donors (Lipinski definition) is 2. The minimum Gasteiger partial charge on any atom is -1.00 e. The van der Waals surface area contributed by atoms with Crippen LogP contribution in [0.25, 0.3) is 10.8 Å². The predicted octanol–water partition coefficient (Wildman–Crippen LogP) is -0.693. The molecule has 0 radical (unpaired) electrons. The minimum absolute atomic E-state index is 0. The molecule has 0 saturated carbocycles. The number of nitrogens with zero attached hydrogens (tertiary/aromatic N) is 1. The molecule has 0 spiro atoms. The fourth-order valence-corrected chi connectivity index (χ4v) is 2.05. The molecule has 0 bridgehead atoms. The maximum Gasteiger partial charge on any atom is 1.00 e. The molecule has 0 amide bonds. The number of rotatable bonds is 2. The van der Waals surface area contributed by atoms with Gasteiger partial charge in [0.25, 0.3) is 10.1 Å². The van der Waals surface area contributed by atoms with E-state index in [4.69, 9.17) is 4.55 Å². The minimum atomic E-state index is -4.30. The summed E-state index contributed by atoms with van der Waals surface area (Å²) in [6.07, 6.45) is 0. The van der Waals surface area contributed by atoms with Gasteiger partial charge in [0.2, 0.25) is 0 Å². The molecule has 18 heavy (non-hydrogen) atoms. The van der Waals surface area contributed by atoms with E-state index in [2.05, 4.69) is 5.18 Å². The molecule has 0 saturated heterocycles. The molecule has 0 atom stereocenters. The van der Waals surface area contributed by atoms with Crippen LogP contribution in [0.15, 0.2) is 40.4 Å². The van der Waals surface area contributed by atoms with Gasteiger partial charge in [0.15, 0.2) is 5.69 Å². The second kappa shape index (κ2) is 5.33. The summed E-state index contributed by atoms with van der Waals surface area (Å²) in [7, 11) is -4.30. The molecule has 2 rings (SSSR count). The molecule has 90 valence electrons. The molecule has 0 heterocycles. The van der Waals surface area contributed by atoms with E-state index < -0.39 is 10.1 Å². The monoisotopic (exact) mass is 277 g/mol. The van der Waals surface area contributed by atoms with Gasteiger partial charge in [0, 0.05) is 5.39 Å². The first-order chi connectivity index (χ1) is 7.93. The topological polar surface area (TPSA) is 104 Å². The predicted molar refractivity (Wildman–Crippen MR) is 62.0 cm³/mol. The first kappa shape index (κ1) is 15.1. The van der Waals surface area contributed by atoms with E-state index in [1.165, 1.54) is 24.3 Å². The number of hydrogen-bond acceptors (Lipinski definition) is 5. The third-order valence-electron chi connectivity index (χ3n) is 2.33. The van der Waals surface area contributed by atoms with Crippen LogP contribution in [0.1, 0.15) is 1.43 Å². The molecule has 2 N–H and O–H groups in total. The Morgan fingerprint density at radius 3 is 2.39 bits per heavy atom. The summed E-state index contributed by atoms with van der Waals surface area (Å²) >= 11 is 0. The van der Waals surface area contributed by atoms with Crippen LogP contribution in [-0.4, -0.2) is 18.1 Å². The van der Waals surface area contributed by atoms with Crippen molar-refractivity contribution in [3.8, 4) is 5.75 Å².